The van der Waals surface area contributed by atoms with Crippen LogP contribution in [-0.2, 0) is 10.0 Å². The molecule has 0 saturated heterocycles. The van der Waals surface area contributed by atoms with E-state index >= 15 is 0 Å². The topological polar surface area (TPSA) is 97.0 Å². The van der Waals surface area contributed by atoms with Gasteiger partial charge in [0.2, 0.25) is 10.0 Å². The van der Waals surface area contributed by atoms with Crippen molar-refractivity contribution in [2.24, 2.45) is 0 Å². The Kier molecular flexibility index (Phi) is 4.76. The maximum absolute atomic E-state index is 12.8. The highest BCUT2D eigenvalue weighted by Crippen LogP contribution is 2.31. The van der Waals surface area contributed by atoms with Crippen molar-refractivity contribution in [3.63, 3.8) is 0 Å². The first-order chi connectivity index (χ1) is 10.7. The van der Waals surface area contributed by atoms with E-state index in [1.54, 1.807) is 40.9 Å². The monoisotopic (exact) mass is 338 g/mol. The Balaban J connectivity index is 2.42. The number of ether oxygens (including phenoxy) is 1. The van der Waals surface area contributed by atoms with Gasteiger partial charge in [-0.3, -0.25) is 5.10 Å². The highest BCUT2D eigenvalue weighted by atomic mass is 32.2. The average Bonchev–Trinajstić information content (AvgIpc) is 2.89. The van der Waals surface area contributed by atoms with Gasteiger partial charge in [-0.2, -0.15) is 5.10 Å². The second kappa shape index (κ2) is 6.29. The summed E-state index contributed by atoms with van der Waals surface area (Å²) in [6.45, 7) is 8.85. The average molecular weight is 338 g/mol. The number of nitrogens with one attached hydrogen (secondary N) is 2. The Hall–Kier alpha value is -1.93. The molecule has 7 nitrogen and oxygen atoms in total. The van der Waals surface area contributed by atoms with Crippen LogP contribution in [0.4, 0.5) is 0 Å². The maximum atomic E-state index is 12.8. The molecule has 1 heterocycles. The number of hydrogen-bond donors (Lipinski definition) is 2. The molecule has 0 unspecified atom stereocenters. The fourth-order valence-corrected chi connectivity index (χ4v) is 4.27. The van der Waals surface area contributed by atoms with E-state index < -0.39 is 16.1 Å². The summed E-state index contributed by atoms with van der Waals surface area (Å²) < 4.78 is 33.5. The van der Waals surface area contributed by atoms with E-state index in [4.69, 9.17) is 4.74 Å². The smallest absolute Gasteiger partial charge is 0.241 e. The molecule has 0 aliphatic carbocycles. The lowest BCUT2D eigenvalue weighted by atomic mass is 10.1. The van der Waals surface area contributed by atoms with Gasteiger partial charge in [0, 0.05) is 0 Å². The quantitative estimate of drug-likeness (QED) is 0.870. The number of aromatic nitrogens is 3. The van der Waals surface area contributed by atoms with E-state index in [0.29, 0.717) is 28.5 Å². The standard InChI is InChI=1S/C15H22N4O3S/c1-8-7-13(22-6)9(2)10(3)14(8)23(20,21)19-11(4)15-16-12(5)17-18-15/h7,11,19H,1-6H3,(H,16,17,18)/t11-/m1/s1. The molecule has 0 saturated carbocycles. The van der Waals surface area contributed by atoms with E-state index in [-0.39, 0.29) is 4.90 Å². The number of H-pyrrole nitrogens is 1. The normalized spacial score (nSPS) is 13.1. The van der Waals surface area contributed by atoms with Crippen LogP contribution in [0.15, 0.2) is 11.0 Å². The van der Waals surface area contributed by atoms with Gasteiger partial charge in [-0.05, 0) is 57.4 Å². The number of aryl methyl sites for hydroxylation is 2. The van der Waals surface area contributed by atoms with Crippen LogP contribution in [0.2, 0.25) is 0 Å². The Morgan fingerprint density at radius 3 is 2.39 bits per heavy atom. The molecule has 1 aromatic carbocycles. The summed E-state index contributed by atoms with van der Waals surface area (Å²) in [6.07, 6.45) is 0. The van der Waals surface area contributed by atoms with Crippen LogP contribution in [0.3, 0.4) is 0 Å². The third kappa shape index (κ3) is 3.37. The first kappa shape index (κ1) is 17.4. The zero-order valence-corrected chi connectivity index (χ0v) is 15.0. The van der Waals surface area contributed by atoms with Gasteiger partial charge < -0.3 is 4.74 Å². The number of aromatic amines is 1. The Morgan fingerprint density at radius 2 is 1.87 bits per heavy atom. The SMILES string of the molecule is COc1cc(C)c(S(=O)(=O)N[C@H](C)c2n[nH]c(C)n2)c(C)c1C. The van der Waals surface area contributed by atoms with Crippen LogP contribution in [0, 0.1) is 27.7 Å². The lowest BCUT2D eigenvalue weighted by Gasteiger charge is -2.18. The van der Waals surface area contributed by atoms with E-state index in [9.17, 15) is 8.42 Å². The number of rotatable bonds is 5. The fourth-order valence-electron chi connectivity index (χ4n) is 2.54. The fraction of sp³-hybridized carbons (Fsp3) is 0.467. The Bertz CT molecular complexity index is 827. The van der Waals surface area contributed by atoms with Crippen molar-refractivity contribution >= 4 is 10.0 Å². The summed E-state index contributed by atoms with van der Waals surface area (Å²) in [5.74, 6) is 1.72. The van der Waals surface area contributed by atoms with Gasteiger partial charge >= 0.3 is 0 Å². The molecule has 0 radical (unpaired) electrons. The third-order valence-electron chi connectivity index (χ3n) is 3.80. The second-order valence-corrected chi connectivity index (χ2v) is 7.25. The number of hydrogen-bond acceptors (Lipinski definition) is 5. The minimum atomic E-state index is -3.71. The molecule has 0 amide bonds. The first-order valence-electron chi connectivity index (χ1n) is 7.23. The summed E-state index contributed by atoms with van der Waals surface area (Å²) in [4.78, 5) is 4.44. The van der Waals surface area contributed by atoms with Crippen molar-refractivity contribution in [1.82, 2.24) is 19.9 Å². The molecular weight excluding hydrogens is 316 g/mol. The highest BCUT2D eigenvalue weighted by Gasteiger charge is 2.26. The number of methoxy groups -OCH3 is 1. The minimum Gasteiger partial charge on any atom is -0.496 e. The molecule has 23 heavy (non-hydrogen) atoms. The summed E-state index contributed by atoms with van der Waals surface area (Å²) in [7, 11) is -2.14. The van der Waals surface area contributed by atoms with Gasteiger partial charge in [-0.25, -0.2) is 18.1 Å². The van der Waals surface area contributed by atoms with Crippen LogP contribution >= 0.6 is 0 Å². The molecule has 1 atom stereocenters. The predicted octanol–water partition coefficient (Wildman–Crippen LogP) is 2.09. The molecule has 0 aliphatic rings. The molecule has 0 fully saturated rings. The molecule has 8 heteroatoms. The number of benzene rings is 1. The molecule has 2 rings (SSSR count). The molecule has 0 bridgehead atoms. The van der Waals surface area contributed by atoms with E-state index in [1.165, 1.54) is 0 Å². The Morgan fingerprint density at radius 1 is 1.22 bits per heavy atom. The van der Waals surface area contributed by atoms with Gasteiger partial charge in [0.25, 0.3) is 0 Å². The van der Waals surface area contributed by atoms with Crippen LogP contribution in [0.25, 0.3) is 0 Å². The lowest BCUT2D eigenvalue weighted by molar-refractivity contribution is 0.410. The summed E-state index contributed by atoms with van der Waals surface area (Å²) in [5, 5.41) is 6.71. The zero-order valence-electron chi connectivity index (χ0n) is 14.2. The number of sulfonamides is 1. The van der Waals surface area contributed by atoms with Crippen LogP contribution in [0.1, 0.15) is 41.3 Å². The minimum absolute atomic E-state index is 0.273. The van der Waals surface area contributed by atoms with Gasteiger partial charge in [-0.1, -0.05) is 0 Å². The van der Waals surface area contributed by atoms with Crippen LogP contribution in [0.5, 0.6) is 5.75 Å². The lowest BCUT2D eigenvalue weighted by Crippen LogP contribution is -2.29. The highest BCUT2D eigenvalue weighted by molar-refractivity contribution is 7.89. The van der Waals surface area contributed by atoms with Crippen LogP contribution < -0.4 is 9.46 Å². The van der Waals surface area contributed by atoms with Crippen LogP contribution in [-0.4, -0.2) is 30.7 Å². The first-order valence-corrected chi connectivity index (χ1v) is 8.71. The second-order valence-electron chi connectivity index (χ2n) is 5.60. The van der Waals surface area contributed by atoms with Gasteiger partial charge in [0.1, 0.15) is 11.6 Å². The third-order valence-corrected chi connectivity index (χ3v) is 5.63. The van der Waals surface area contributed by atoms with E-state index in [1.807, 2.05) is 6.92 Å². The summed E-state index contributed by atoms with van der Waals surface area (Å²) in [5.41, 5.74) is 2.11. The molecule has 1 aromatic heterocycles. The predicted molar refractivity (Wildman–Crippen MR) is 87.1 cm³/mol. The van der Waals surface area contributed by atoms with Crippen molar-refractivity contribution in [3.05, 3.63) is 34.4 Å². The molecular formula is C15H22N4O3S. The summed E-state index contributed by atoms with van der Waals surface area (Å²) >= 11 is 0. The van der Waals surface area contributed by atoms with Crippen molar-refractivity contribution < 1.29 is 13.2 Å². The van der Waals surface area contributed by atoms with E-state index in [0.717, 1.165) is 5.56 Å². The van der Waals surface area contributed by atoms with Crippen molar-refractivity contribution in [1.29, 1.82) is 0 Å². The van der Waals surface area contributed by atoms with Crippen molar-refractivity contribution in [3.8, 4) is 5.75 Å². The molecule has 2 N–H and O–H groups in total. The molecule has 126 valence electrons. The largest absolute Gasteiger partial charge is 0.496 e. The molecule has 0 spiro atoms. The molecule has 0 aliphatic heterocycles. The summed E-state index contributed by atoms with van der Waals surface area (Å²) in [6, 6.07) is 1.20. The van der Waals surface area contributed by atoms with Gasteiger partial charge in [0.15, 0.2) is 5.82 Å². The zero-order chi connectivity index (χ0) is 17.4. The van der Waals surface area contributed by atoms with Crippen molar-refractivity contribution in [2.45, 2.75) is 45.6 Å². The molecule has 2 aromatic rings. The maximum Gasteiger partial charge on any atom is 0.241 e. The van der Waals surface area contributed by atoms with Gasteiger partial charge in [-0.15, -0.1) is 0 Å². The Labute approximate surface area is 136 Å². The van der Waals surface area contributed by atoms with E-state index in [2.05, 4.69) is 19.9 Å². The van der Waals surface area contributed by atoms with Crippen molar-refractivity contribution in [2.75, 3.05) is 7.11 Å². The van der Waals surface area contributed by atoms with Gasteiger partial charge in [0.05, 0.1) is 18.0 Å². The number of nitrogens with zero attached hydrogens (tertiary/aromatic N) is 2.